The summed E-state index contributed by atoms with van der Waals surface area (Å²) >= 11 is 1.97. The first-order chi connectivity index (χ1) is 11.6. The molecule has 0 saturated carbocycles. The summed E-state index contributed by atoms with van der Waals surface area (Å²) in [6.45, 7) is 7.47. The average molecular weight is 347 g/mol. The second-order valence-corrected chi connectivity index (χ2v) is 8.53. The summed E-state index contributed by atoms with van der Waals surface area (Å²) in [6, 6.07) is 8.95. The van der Waals surface area contributed by atoms with E-state index >= 15 is 0 Å². The zero-order chi connectivity index (χ0) is 16.9. The minimum absolute atomic E-state index is 0.244. The number of amides is 1. The first kappa shape index (κ1) is 17.8. The fraction of sp³-hybridized carbons (Fsp3) is 0.650. The monoisotopic (exact) mass is 346 g/mol. The molecule has 1 N–H and O–H groups in total. The molecule has 2 aliphatic rings. The van der Waals surface area contributed by atoms with Crippen LogP contribution in [0.4, 0.5) is 0 Å². The van der Waals surface area contributed by atoms with Crippen LogP contribution in [0.25, 0.3) is 0 Å². The zero-order valence-electron chi connectivity index (χ0n) is 15.0. The van der Waals surface area contributed by atoms with Crippen LogP contribution in [-0.4, -0.2) is 41.9 Å². The number of thioether (sulfide) groups is 1. The Balaban J connectivity index is 1.65. The van der Waals surface area contributed by atoms with Gasteiger partial charge in [-0.15, -0.1) is 0 Å². The van der Waals surface area contributed by atoms with Gasteiger partial charge < -0.3 is 10.2 Å². The van der Waals surface area contributed by atoms with E-state index < -0.39 is 0 Å². The molecule has 2 fully saturated rings. The molecule has 1 aromatic carbocycles. The topological polar surface area (TPSA) is 32.3 Å². The Hall–Kier alpha value is -1.00. The minimum Gasteiger partial charge on any atom is -0.334 e. The molecule has 0 spiro atoms. The lowest BCUT2D eigenvalue weighted by molar-refractivity contribution is -0.134. The van der Waals surface area contributed by atoms with Crippen LogP contribution in [0, 0.1) is 18.8 Å². The third-order valence-corrected chi connectivity index (χ3v) is 6.57. The van der Waals surface area contributed by atoms with Crippen molar-refractivity contribution in [1.82, 2.24) is 10.2 Å². The molecule has 1 aromatic rings. The number of hydrogen-bond acceptors (Lipinski definition) is 3. The number of piperidine rings is 1. The summed E-state index contributed by atoms with van der Waals surface area (Å²) in [6.07, 6.45) is 3.20. The molecule has 132 valence electrons. The van der Waals surface area contributed by atoms with Crippen LogP contribution in [0.1, 0.15) is 43.4 Å². The van der Waals surface area contributed by atoms with Crippen molar-refractivity contribution >= 4 is 17.7 Å². The molecule has 4 heteroatoms. The van der Waals surface area contributed by atoms with Crippen molar-refractivity contribution in [1.29, 1.82) is 0 Å². The number of hydrogen-bond donors (Lipinski definition) is 1. The lowest BCUT2D eigenvalue weighted by Crippen LogP contribution is -2.42. The maximum Gasteiger partial charge on any atom is 0.223 e. The van der Waals surface area contributed by atoms with Gasteiger partial charge in [0.25, 0.3) is 0 Å². The van der Waals surface area contributed by atoms with E-state index in [0.29, 0.717) is 24.2 Å². The van der Waals surface area contributed by atoms with Crippen LogP contribution in [0.2, 0.25) is 0 Å². The van der Waals surface area contributed by atoms with E-state index in [1.165, 1.54) is 24.0 Å². The Morgan fingerprint density at radius 1 is 1.38 bits per heavy atom. The summed E-state index contributed by atoms with van der Waals surface area (Å²) in [5.74, 6) is 3.55. The highest BCUT2D eigenvalue weighted by Crippen LogP contribution is 2.32. The molecule has 2 heterocycles. The molecule has 2 saturated heterocycles. The van der Waals surface area contributed by atoms with Gasteiger partial charge in [0.15, 0.2) is 0 Å². The number of benzene rings is 1. The predicted octanol–water partition coefficient (Wildman–Crippen LogP) is 3.64. The van der Waals surface area contributed by atoms with E-state index in [0.717, 1.165) is 31.1 Å². The molecule has 3 unspecified atom stereocenters. The lowest BCUT2D eigenvalue weighted by Gasteiger charge is -2.37. The van der Waals surface area contributed by atoms with E-state index in [1.807, 2.05) is 11.8 Å². The summed E-state index contributed by atoms with van der Waals surface area (Å²) in [5.41, 5.74) is 2.56. The maximum atomic E-state index is 13.0. The molecular formula is C20H30N2OS. The molecule has 0 aliphatic carbocycles. The molecule has 3 atom stereocenters. The highest BCUT2D eigenvalue weighted by atomic mass is 32.2. The van der Waals surface area contributed by atoms with E-state index in [2.05, 4.69) is 48.3 Å². The van der Waals surface area contributed by atoms with Gasteiger partial charge in [-0.05, 0) is 50.3 Å². The number of rotatable bonds is 4. The molecule has 0 aromatic heterocycles. The Morgan fingerprint density at radius 2 is 2.17 bits per heavy atom. The zero-order valence-corrected chi connectivity index (χ0v) is 15.8. The van der Waals surface area contributed by atoms with Crippen molar-refractivity contribution in [2.75, 3.05) is 31.1 Å². The van der Waals surface area contributed by atoms with Gasteiger partial charge in [-0.1, -0.05) is 36.8 Å². The maximum absolute atomic E-state index is 13.0. The van der Waals surface area contributed by atoms with Gasteiger partial charge in [-0.3, -0.25) is 4.79 Å². The standard InChI is InChI=1S/C20H30N2OS/c1-15-5-7-17(8-6-15)19-14-24-11-10-22(19)20(23)12-16(2)18-4-3-9-21-13-18/h5-8,16,18-19,21H,3-4,9-14H2,1-2H3. The molecular weight excluding hydrogens is 316 g/mol. The van der Waals surface area contributed by atoms with Crippen LogP contribution in [0.5, 0.6) is 0 Å². The third-order valence-electron chi connectivity index (χ3n) is 5.55. The van der Waals surface area contributed by atoms with Gasteiger partial charge in [0.1, 0.15) is 0 Å². The first-order valence-electron chi connectivity index (χ1n) is 9.29. The highest BCUT2D eigenvalue weighted by Gasteiger charge is 2.30. The van der Waals surface area contributed by atoms with Crippen LogP contribution < -0.4 is 5.32 Å². The fourth-order valence-corrected chi connectivity index (χ4v) is 4.98. The molecule has 0 radical (unpaired) electrons. The van der Waals surface area contributed by atoms with Crippen molar-refractivity contribution < 1.29 is 4.79 Å². The van der Waals surface area contributed by atoms with Gasteiger partial charge in [-0.25, -0.2) is 0 Å². The molecule has 3 nitrogen and oxygen atoms in total. The van der Waals surface area contributed by atoms with E-state index in [9.17, 15) is 4.79 Å². The van der Waals surface area contributed by atoms with Crippen molar-refractivity contribution in [2.24, 2.45) is 11.8 Å². The summed E-state index contributed by atoms with van der Waals surface area (Å²) in [5, 5.41) is 3.48. The van der Waals surface area contributed by atoms with Gasteiger partial charge in [0.2, 0.25) is 5.91 Å². The predicted molar refractivity (Wildman–Crippen MR) is 102 cm³/mol. The Kier molecular flexibility index (Phi) is 6.23. The second-order valence-electron chi connectivity index (χ2n) is 7.38. The second kappa shape index (κ2) is 8.39. The third kappa shape index (κ3) is 4.34. The molecule has 3 rings (SSSR count). The first-order valence-corrected chi connectivity index (χ1v) is 10.4. The summed E-state index contributed by atoms with van der Waals surface area (Å²) in [7, 11) is 0. The average Bonchev–Trinajstić information content (AvgIpc) is 2.63. The Labute approximate surface area is 150 Å². The van der Waals surface area contributed by atoms with Crippen LogP contribution in [-0.2, 0) is 4.79 Å². The van der Waals surface area contributed by atoms with Gasteiger partial charge >= 0.3 is 0 Å². The highest BCUT2D eigenvalue weighted by molar-refractivity contribution is 7.99. The lowest BCUT2D eigenvalue weighted by atomic mass is 9.85. The van der Waals surface area contributed by atoms with Crippen LogP contribution in [0.3, 0.4) is 0 Å². The van der Waals surface area contributed by atoms with Gasteiger partial charge in [-0.2, -0.15) is 11.8 Å². The Bertz CT molecular complexity index is 539. The van der Waals surface area contributed by atoms with Gasteiger partial charge in [0, 0.05) is 24.5 Å². The van der Waals surface area contributed by atoms with Gasteiger partial charge in [0.05, 0.1) is 6.04 Å². The number of carbonyl (C=O) groups excluding carboxylic acids is 1. The largest absolute Gasteiger partial charge is 0.334 e. The quantitative estimate of drug-likeness (QED) is 0.903. The minimum atomic E-state index is 0.244. The number of nitrogens with one attached hydrogen (secondary N) is 1. The smallest absolute Gasteiger partial charge is 0.223 e. The number of aryl methyl sites for hydroxylation is 1. The van der Waals surface area contributed by atoms with E-state index in [-0.39, 0.29) is 6.04 Å². The summed E-state index contributed by atoms with van der Waals surface area (Å²) < 4.78 is 0. The van der Waals surface area contributed by atoms with E-state index in [1.54, 1.807) is 0 Å². The molecule has 1 amide bonds. The molecule has 24 heavy (non-hydrogen) atoms. The molecule has 2 aliphatic heterocycles. The molecule has 0 bridgehead atoms. The van der Waals surface area contributed by atoms with E-state index in [4.69, 9.17) is 0 Å². The SMILES string of the molecule is Cc1ccc(C2CSCCN2C(=O)CC(C)C2CCCNC2)cc1. The van der Waals surface area contributed by atoms with Crippen molar-refractivity contribution in [3.63, 3.8) is 0 Å². The normalized spacial score (nSPS) is 26.2. The Morgan fingerprint density at radius 3 is 2.88 bits per heavy atom. The van der Waals surface area contributed by atoms with Crippen molar-refractivity contribution in [3.05, 3.63) is 35.4 Å². The van der Waals surface area contributed by atoms with Crippen LogP contribution >= 0.6 is 11.8 Å². The number of nitrogens with zero attached hydrogens (tertiary/aromatic N) is 1. The van der Waals surface area contributed by atoms with Crippen LogP contribution in [0.15, 0.2) is 24.3 Å². The number of carbonyl (C=O) groups is 1. The summed E-state index contributed by atoms with van der Waals surface area (Å²) in [4.78, 5) is 15.1. The fourth-order valence-electron chi connectivity index (χ4n) is 3.89. The van der Waals surface area contributed by atoms with Crippen molar-refractivity contribution in [2.45, 2.75) is 39.2 Å². The van der Waals surface area contributed by atoms with Crippen molar-refractivity contribution in [3.8, 4) is 0 Å².